The van der Waals surface area contributed by atoms with Crippen molar-refractivity contribution in [1.82, 2.24) is 19.7 Å². The van der Waals surface area contributed by atoms with Gasteiger partial charge in [-0.15, -0.1) is 0 Å². The number of amides is 2. The maximum Gasteiger partial charge on any atom is 0.321 e. The number of hydrogen-bond donors (Lipinski definition) is 1. The highest BCUT2D eigenvalue weighted by Crippen LogP contribution is 2.33. The zero-order chi connectivity index (χ0) is 25.2. The van der Waals surface area contributed by atoms with E-state index in [1.165, 1.54) is 0 Å². The highest BCUT2D eigenvalue weighted by molar-refractivity contribution is 5.91. The Hall–Kier alpha value is -3.39. The number of carbonyl (C=O) groups is 1. The molecule has 1 N–H and O–H groups in total. The van der Waals surface area contributed by atoms with Gasteiger partial charge in [0.2, 0.25) is 0 Å². The molecule has 2 fully saturated rings. The Labute approximate surface area is 213 Å². The fraction of sp³-hybridized carbons (Fsp3) is 0.464. The summed E-state index contributed by atoms with van der Waals surface area (Å²) in [7, 11) is 1.95. The molecule has 5 rings (SSSR count). The van der Waals surface area contributed by atoms with Crippen molar-refractivity contribution in [2.75, 3.05) is 49.6 Å². The highest BCUT2D eigenvalue weighted by atomic mass is 16.5. The van der Waals surface area contributed by atoms with Gasteiger partial charge >= 0.3 is 6.03 Å². The van der Waals surface area contributed by atoms with E-state index in [0.29, 0.717) is 19.1 Å². The van der Waals surface area contributed by atoms with Crippen molar-refractivity contribution < 1.29 is 9.53 Å². The summed E-state index contributed by atoms with van der Waals surface area (Å²) in [6.45, 7) is 11.0. The average Bonchev–Trinajstić information content (AvgIpc) is 3.51. The van der Waals surface area contributed by atoms with Gasteiger partial charge in [-0.1, -0.05) is 19.4 Å². The number of nitrogens with zero attached hydrogens (tertiary/aromatic N) is 5. The molecule has 0 aliphatic carbocycles. The Morgan fingerprint density at radius 3 is 2.61 bits per heavy atom. The maximum absolute atomic E-state index is 12.9. The van der Waals surface area contributed by atoms with Gasteiger partial charge in [0, 0.05) is 38.9 Å². The number of anilines is 2. The summed E-state index contributed by atoms with van der Waals surface area (Å²) in [6, 6.07) is 12.5. The van der Waals surface area contributed by atoms with E-state index in [1.54, 1.807) is 0 Å². The fourth-order valence-electron chi connectivity index (χ4n) is 5.17. The molecule has 1 aromatic carbocycles. The van der Waals surface area contributed by atoms with Gasteiger partial charge in [-0.2, -0.15) is 5.10 Å². The summed E-state index contributed by atoms with van der Waals surface area (Å²) < 4.78 is 7.46. The summed E-state index contributed by atoms with van der Waals surface area (Å²) >= 11 is 0. The number of hydrogen-bond acceptors (Lipinski definition) is 5. The molecule has 2 aliphatic rings. The molecule has 1 atom stereocenters. The molecule has 4 heterocycles. The largest absolute Gasteiger partial charge is 0.378 e. The van der Waals surface area contributed by atoms with Crippen LogP contribution in [0.15, 0.2) is 36.4 Å². The molecule has 190 valence electrons. The van der Waals surface area contributed by atoms with Gasteiger partial charge in [0.15, 0.2) is 0 Å². The molecule has 8 heteroatoms. The minimum absolute atomic E-state index is 0.0180. The lowest BCUT2D eigenvalue weighted by Crippen LogP contribution is -2.36. The van der Waals surface area contributed by atoms with Crippen molar-refractivity contribution in [3.8, 4) is 22.5 Å². The van der Waals surface area contributed by atoms with Crippen molar-refractivity contribution in [2.24, 2.45) is 13.0 Å². The number of morpholine rings is 1. The number of ether oxygens (including phenoxy) is 1. The molecule has 36 heavy (non-hydrogen) atoms. The van der Waals surface area contributed by atoms with Gasteiger partial charge < -0.3 is 19.9 Å². The zero-order valence-corrected chi connectivity index (χ0v) is 21.8. The third-order valence-corrected chi connectivity index (χ3v) is 7.36. The molecule has 8 nitrogen and oxygen atoms in total. The van der Waals surface area contributed by atoms with E-state index in [1.807, 2.05) is 29.6 Å². The summed E-state index contributed by atoms with van der Waals surface area (Å²) in [4.78, 5) is 22.2. The second kappa shape index (κ2) is 10.3. The fourth-order valence-corrected chi connectivity index (χ4v) is 5.17. The first-order valence-corrected chi connectivity index (χ1v) is 12.9. The Balaban J connectivity index is 1.50. The van der Waals surface area contributed by atoms with E-state index < -0.39 is 0 Å². The van der Waals surface area contributed by atoms with Crippen LogP contribution < -0.4 is 10.2 Å². The molecule has 0 unspecified atom stereocenters. The molecule has 0 saturated carbocycles. The summed E-state index contributed by atoms with van der Waals surface area (Å²) in [5.74, 6) is 1.54. The Kier molecular flexibility index (Phi) is 6.96. The van der Waals surface area contributed by atoms with Crippen LogP contribution in [0.4, 0.5) is 16.3 Å². The molecule has 3 aromatic rings. The number of rotatable bonds is 5. The van der Waals surface area contributed by atoms with Gasteiger partial charge in [-0.25, -0.2) is 9.78 Å². The number of nitrogens with one attached hydrogen (secondary N) is 1. The first-order valence-electron chi connectivity index (χ1n) is 12.9. The number of pyridine rings is 1. The summed E-state index contributed by atoms with van der Waals surface area (Å²) in [5, 5.41) is 7.67. The monoisotopic (exact) mass is 488 g/mol. The number of benzene rings is 1. The molecule has 2 aromatic heterocycles. The van der Waals surface area contributed by atoms with Crippen molar-refractivity contribution in [3.63, 3.8) is 0 Å². The number of likely N-dealkylation sites (tertiary alicyclic amines) is 1. The van der Waals surface area contributed by atoms with Gasteiger partial charge in [-0.3, -0.25) is 4.68 Å². The number of urea groups is 1. The van der Waals surface area contributed by atoms with E-state index in [2.05, 4.69) is 59.5 Å². The lowest BCUT2D eigenvalue weighted by atomic mass is 9.99. The normalized spacial score (nSPS) is 18.1. The third kappa shape index (κ3) is 5.09. The molecule has 0 bridgehead atoms. The quantitative estimate of drug-likeness (QED) is 0.555. The van der Waals surface area contributed by atoms with Crippen LogP contribution in [0.25, 0.3) is 22.5 Å². The van der Waals surface area contributed by atoms with Crippen molar-refractivity contribution in [1.29, 1.82) is 0 Å². The molecule has 0 spiro atoms. The molecule has 2 amide bonds. The van der Waals surface area contributed by atoms with Gasteiger partial charge in [0.25, 0.3) is 0 Å². The van der Waals surface area contributed by atoms with Crippen molar-refractivity contribution >= 4 is 17.5 Å². The first-order chi connectivity index (χ1) is 17.4. The van der Waals surface area contributed by atoms with E-state index in [0.717, 1.165) is 84.3 Å². The van der Waals surface area contributed by atoms with Crippen LogP contribution in [-0.2, 0) is 11.8 Å². The van der Waals surface area contributed by atoms with Gasteiger partial charge in [-0.05, 0) is 73.2 Å². The minimum atomic E-state index is -0.0180. The van der Waals surface area contributed by atoms with Gasteiger partial charge in [0.1, 0.15) is 5.82 Å². The zero-order valence-electron chi connectivity index (χ0n) is 21.8. The van der Waals surface area contributed by atoms with Gasteiger partial charge in [0.05, 0.1) is 30.3 Å². The number of carbonyl (C=O) groups excluding carboxylic acids is 1. The maximum atomic E-state index is 12.9. The molecule has 2 aliphatic heterocycles. The van der Waals surface area contributed by atoms with E-state index in [4.69, 9.17) is 9.72 Å². The van der Waals surface area contributed by atoms with E-state index in [9.17, 15) is 4.79 Å². The molecular formula is C28H36N6O2. The Morgan fingerprint density at radius 1 is 1.11 bits per heavy atom. The van der Waals surface area contributed by atoms with Crippen molar-refractivity contribution in [3.05, 3.63) is 47.7 Å². The molecule has 2 saturated heterocycles. The van der Waals surface area contributed by atoms with Crippen molar-refractivity contribution in [2.45, 2.75) is 33.6 Å². The predicted molar refractivity (Wildman–Crippen MR) is 143 cm³/mol. The molecule has 0 radical (unpaired) electrons. The lowest BCUT2D eigenvalue weighted by Gasteiger charge is -2.28. The predicted octanol–water partition coefficient (Wildman–Crippen LogP) is 4.87. The average molecular weight is 489 g/mol. The molecular weight excluding hydrogens is 452 g/mol. The second-order valence-electron chi connectivity index (χ2n) is 9.96. The van der Waals surface area contributed by atoms with Crippen LogP contribution in [0.3, 0.4) is 0 Å². The van der Waals surface area contributed by atoms with Crippen LogP contribution in [0.1, 0.15) is 31.0 Å². The SMILES string of the molecule is CC[C@@H]1CCN(C(=O)Nc2ccc(C)c(-c3cc(-c4cc(C)nn4C)nc(N4CCOCC4)c3)c2)C1. The second-order valence-corrected chi connectivity index (χ2v) is 9.96. The lowest BCUT2D eigenvalue weighted by molar-refractivity contribution is 0.122. The van der Waals surface area contributed by atoms with E-state index >= 15 is 0 Å². The first kappa shape index (κ1) is 24.3. The van der Waals surface area contributed by atoms with Crippen LogP contribution in [0, 0.1) is 19.8 Å². The Bertz CT molecular complexity index is 1250. The van der Waals surface area contributed by atoms with Crippen LogP contribution in [0.5, 0.6) is 0 Å². The number of aromatic nitrogens is 3. The minimum Gasteiger partial charge on any atom is -0.378 e. The summed E-state index contributed by atoms with van der Waals surface area (Å²) in [5.41, 5.74) is 6.92. The topological polar surface area (TPSA) is 75.5 Å². The smallest absolute Gasteiger partial charge is 0.321 e. The van der Waals surface area contributed by atoms with Crippen LogP contribution in [-0.4, -0.2) is 65.1 Å². The van der Waals surface area contributed by atoms with Crippen LogP contribution in [0.2, 0.25) is 0 Å². The standard InChI is InChI=1S/C28H36N6O2/c1-5-21-8-9-34(18-21)28(35)29-23-7-6-19(2)24(17-23)22-15-25(26-14-20(3)31-32(26)4)30-27(16-22)33-10-12-36-13-11-33/h6-7,14-17,21H,5,8-13,18H2,1-4H3,(H,29,35)/t21-/m1/s1. The third-order valence-electron chi connectivity index (χ3n) is 7.36. The summed E-state index contributed by atoms with van der Waals surface area (Å²) in [6.07, 6.45) is 2.20. The highest BCUT2D eigenvalue weighted by Gasteiger charge is 2.25. The Morgan fingerprint density at radius 2 is 1.92 bits per heavy atom. The van der Waals surface area contributed by atoms with E-state index in [-0.39, 0.29) is 6.03 Å². The van der Waals surface area contributed by atoms with Crippen LogP contribution >= 0.6 is 0 Å². The number of aryl methyl sites for hydroxylation is 3.